The van der Waals surface area contributed by atoms with Crippen LogP contribution in [0.1, 0.15) is 116 Å². The number of unbranched alkanes of at least 4 members (excludes halogenated alkanes) is 11. The summed E-state index contributed by atoms with van der Waals surface area (Å²) in [6.07, 6.45) is 17.9. The highest BCUT2D eigenvalue weighted by atomic mass is 16.4. The highest BCUT2D eigenvalue weighted by Gasteiger charge is 2.12. The normalized spacial score (nSPS) is 12.2. The maximum atomic E-state index is 11.0. The fraction of sp³-hybridized carbons (Fsp3) is 0.905. The molecule has 0 saturated heterocycles. The van der Waals surface area contributed by atoms with Crippen LogP contribution in [0.15, 0.2) is 0 Å². The van der Waals surface area contributed by atoms with Crippen molar-refractivity contribution < 1.29 is 19.8 Å². The van der Waals surface area contributed by atoms with E-state index in [9.17, 15) is 9.59 Å². The first-order chi connectivity index (χ1) is 12.1. The van der Waals surface area contributed by atoms with Crippen molar-refractivity contribution >= 4 is 11.9 Å². The number of hydrogen-bond donors (Lipinski definition) is 2. The van der Waals surface area contributed by atoms with Crippen molar-refractivity contribution in [1.29, 1.82) is 0 Å². The Morgan fingerprint density at radius 3 is 1.52 bits per heavy atom. The zero-order valence-corrected chi connectivity index (χ0v) is 16.3. The summed E-state index contributed by atoms with van der Waals surface area (Å²) < 4.78 is 0. The van der Waals surface area contributed by atoms with E-state index < -0.39 is 11.9 Å². The molecule has 0 bridgehead atoms. The quantitative estimate of drug-likeness (QED) is 0.262. The van der Waals surface area contributed by atoms with Gasteiger partial charge in [0, 0.05) is 12.8 Å². The van der Waals surface area contributed by atoms with Gasteiger partial charge in [-0.15, -0.1) is 0 Å². The second kappa shape index (κ2) is 17.8. The van der Waals surface area contributed by atoms with Crippen molar-refractivity contribution in [3.05, 3.63) is 0 Å². The summed E-state index contributed by atoms with van der Waals surface area (Å²) in [5.41, 5.74) is 0. The minimum absolute atomic E-state index is 0.277. The van der Waals surface area contributed by atoms with E-state index >= 15 is 0 Å². The molecule has 0 heterocycles. The molecule has 0 aromatic rings. The fourth-order valence-electron chi connectivity index (χ4n) is 3.40. The van der Waals surface area contributed by atoms with E-state index in [-0.39, 0.29) is 6.42 Å². The summed E-state index contributed by atoms with van der Waals surface area (Å²) in [4.78, 5) is 21.5. The highest BCUT2D eigenvalue weighted by Crippen LogP contribution is 2.22. The average molecular weight is 357 g/mol. The van der Waals surface area contributed by atoms with Crippen molar-refractivity contribution in [2.75, 3.05) is 0 Å². The van der Waals surface area contributed by atoms with Crippen LogP contribution in [-0.2, 0) is 9.59 Å². The number of hydrogen-bond acceptors (Lipinski definition) is 2. The van der Waals surface area contributed by atoms with Gasteiger partial charge in [-0.05, 0) is 25.2 Å². The van der Waals surface area contributed by atoms with Gasteiger partial charge in [-0.3, -0.25) is 9.59 Å². The van der Waals surface area contributed by atoms with Gasteiger partial charge in [-0.25, -0.2) is 0 Å². The molecule has 0 aliphatic carbocycles. The van der Waals surface area contributed by atoms with Gasteiger partial charge < -0.3 is 10.2 Å². The van der Waals surface area contributed by atoms with E-state index in [1.54, 1.807) is 0 Å². The van der Waals surface area contributed by atoms with Crippen LogP contribution < -0.4 is 0 Å². The number of carbonyl (C=O) groups is 2. The molecule has 0 aliphatic rings. The summed E-state index contributed by atoms with van der Waals surface area (Å²) in [6.45, 7) is 2.23. The summed E-state index contributed by atoms with van der Waals surface area (Å²) >= 11 is 0. The molecule has 0 aromatic heterocycles. The Balaban J connectivity index is 3.64. The first-order valence-electron chi connectivity index (χ1n) is 10.5. The second-order valence-electron chi connectivity index (χ2n) is 7.43. The zero-order chi connectivity index (χ0) is 18.8. The fourth-order valence-corrected chi connectivity index (χ4v) is 3.40. The van der Waals surface area contributed by atoms with Gasteiger partial charge in [-0.1, -0.05) is 84.0 Å². The highest BCUT2D eigenvalue weighted by molar-refractivity contribution is 5.67. The smallest absolute Gasteiger partial charge is 0.303 e. The molecule has 25 heavy (non-hydrogen) atoms. The lowest BCUT2D eigenvalue weighted by Gasteiger charge is -2.14. The minimum atomic E-state index is -0.707. The topological polar surface area (TPSA) is 74.6 Å². The third-order valence-electron chi connectivity index (χ3n) is 4.93. The number of aliphatic carboxylic acids is 2. The van der Waals surface area contributed by atoms with Crippen molar-refractivity contribution in [1.82, 2.24) is 0 Å². The molecule has 0 aromatic carbocycles. The van der Waals surface area contributed by atoms with Gasteiger partial charge in [0.2, 0.25) is 0 Å². The molecule has 0 fully saturated rings. The van der Waals surface area contributed by atoms with E-state index in [1.165, 1.54) is 44.9 Å². The summed E-state index contributed by atoms with van der Waals surface area (Å²) in [7, 11) is 0. The van der Waals surface area contributed by atoms with Gasteiger partial charge in [-0.2, -0.15) is 0 Å². The molecule has 2 N–H and O–H groups in total. The van der Waals surface area contributed by atoms with E-state index in [1.807, 2.05) is 0 Å². The van der Waals surface area contributed by atoms with Crippen molar-refractivity contribution in [2.45, 2.75) is 116 Å². The number of carboxylic acid groups (broad SMARTS) is 2. The van der Waals surface area contributed by atoms with Crippen molar-refractivity contribution in [2.24, 2.45) is 5.92 Å². The lowest BCUT2D eigenvalue weighted by atomic mass is 9.91. The maximum absolute atomic E-state index is 11.0. The molecule has 4 heteroatoms. The summed E-state index contributed by atoms with van der Waals surface area (Å²) in [5.74, 6) is -1.04. The van der Waals surface area contributed by atoms with Crippen LogP contribution in [0.2, 0.25) is 0 Å². The first-order valence-corrected chi connectivity index (χ1v) is 10.5. The number of rotatable bonds is 19. The van der Waals surface area contributed by atoms with Crippen LogP contribution in [0.3, 0.4) is 0 Å². The van der Waals surface area contributed by atoms with E-state index in [0.29, 0.717) is 12.3 Å². The van der Waals surface area contributed by atoms with E-state index in [4.69, 9.17) is 10.2 Å². The molecule has 0 radical (unpaired) electrons. The Morgan fingerprint density at radius 2 is 1.08 bits per heavy atom. The Morgan fingerprint density at radius 1 is 0.640 bits per heavy atom. The third-order valence-corrected chi connectivity index (χ3v) is 4.93. The van der Waals surface area contributed by atoms with Crippen LogP contribution in [0.5, 0.6) is 0 Å². The van der Waals surface area contributed by atoms with Crippen LogP contribution in [0.4, 0.5) is 0 Å². The van der Waals surface area contributed by atoms with Gasteiger partial charge in [0.25, 0.3) is 0 Å². The van der Waals surface area contributed by atoms with Crippen LogP contribution >= 0.6 is 0 Å². The molecule has 0 amide bonds. The monoisotopic (exact) mass is 356 g/mol. The minimum Gasteiger partial charge on any atom is -0.481 e. The summed E-state index contributed by atoms with van der Waals surface area (Å²) in [5, 5.41) is 17.7. The van der Waals surface area contributed by atoms with E-state index in [2.05, 4.69) is 6.92 Å². The molecule has 0 rings (SSSR count). The predicted molar refractivity (Wildman–Crippen MR) is 103 cm³/mol. The molecule has 1 unspecified atom stereocenters. The third kappa shape index (κ3) is 19.1. The van der Waals surface area contributed by atoms with Gasteiger partial charge in [0.1, 0.15) is 0 Å². The largest absolute Gasteiger partial charge is 0.481 e. The van der Waals surface area contributed by atoms with E-state index in [0.717, 1.165) is 51.4 Å². The molecule has 0 saturated carbocycles. The van der Waals surface area contributed by atoms with Gasteiger partial charge in [0.05, 0.1) is 0 Å². The molecule has 4 nitrogen and oxygen atoms in total. The van der Waals surface area contributed by atoms with Crippen molar-refractivity contribution in [3.63, 3.8) is 0 Å². The molecule has 1 atom stereocenters. The Bertz CT molecular complexity index is 328. The summed E-state index contributed by atoms with van der Waals surface area (Å²) in [6, 6.07) is 0. The molecular formula is C21H40O4. The van der Waals surface area contributed by atoms with Crippen LogP contribution in [0, 0.1) is 5.92 Å². The maximum Gasteiger partial charge on any atom is 0.303 e. The lowest BCUT2D eigenvalue weighted by molar-refractivity contribution is -0.138. The Hall–Kier alpha value is -1.06. The Kier molecular flexibility index (Phi) is 17.0. The first kappa shape index (κ1) is 23.9. The van der Waals surface area contributed by atoms with Gasteiger partial charge >= 0.3 is 11.9 Å². The van der Waals surface area contributed by atoms with Crippen LogP contribution in [0.25, 0.3) is 0 Å². The lowest BCUT2D eigenvalue weighted by Crippen LogP contribution is -2.08. The zero-order valence-electron chi connectivity index (χ0n) is 16.3. The Labute approximate surface area is 154 Å². The van der Waals surface area contributed by atoms with Crippen molar-refractivity contribution in [3.8, 4) is 0 Å². The molecule has 0 aliphatic heterocycles. The standard InChI is InChI=1S/C21H40O4/c1-2-3-4-5-6-9-12-15-19(18-21(24)25)16-13-10-7-8-11-14-17-20(22)23/h19H,2-18H2,1H3,(H,22,23)(H,24,25). The molecule has 148 valence electrons. The predicted octanol–water partition coefficient (Wildman–Crippen LogP) is 6.42. The van der Waals surface area contributed by atoms with Gasteiger partial charge in [0.15, 0.2) is 0 Å². The molecular weight excluding hydrogens is 316 g/mol. The average Bonchev–Trinajstić information content (AvgIpc) is 2.55. The second-order valence-corrected chi connectivity index (χ2v) is 7.43. The molecule has 0 spiro atoms. The SMILES string of the molecule is CCCCCCCCCC(CCCCCCCCC(=O)O)CC(=O)O. The van der Waals surface area contributed by atoms with Crippen LogP contribution in [-0.4, -0.2) is 22.2 Å². The number of carboxylic acids is 2.